The summed E-state index contributed by atoms with van der Waals surface area (Å²) in [5.41, 5.74) is 4.06. The summed E-state index contributed by atoms with van der Waals surface area (Å²) in [6.45, 7) is 2.07. The molecule has 0 bridgehead atoms. The van der Waals surface area contributed by atoms with Crippen molar-refractivity contribution in [3.63, 3.8) is 0 Å². The van der Waals surface area contributed by atoms with E-state index in [1.165, 1.54) is 5.56 Å². The summed E-state index contributed by atoms with van der Waals surface area (Å²) in [7, 11) is 0. The third-order valence-corrected chi connectivity index (χ3v) is 2.55. The highest BCUT2D eigenvalue weighted by atomic mass is 15.5. The molecule has 0 aliphatic heterocycles. The van der Waals surface area contributed by atoms with Gasteiger partial charge in [0.25, 0.3) is 0 Å². The van der Waals surface area contributed by atoms with Crippen molar-refractivity contribution in [3.05, 3.63) is 54.1 Å². The Kier molecular flexibility index (Phi) is 1.96. The summed E-state index contributed by atoms with van der Waals surface area (Å²) in [5.74, 6) is 0. The van der Waals surface area contributed by atoms with E-state index in [0.29, 0.717) is 0 Å². The number of fused-ring (bicyclic) bond motifs is 1. The van der Waals surface area contributed by atoms with Gasteiger partial charge in [-0.15, -0.1) is 10.2 Å². The van der Waals surface area contributed by atoms with E-state index in [9.17, 15) is 0 Å². The fourth-order valence-corrected chi connectivity index (χ4v) is 1.65. The van der Waals surface area contributed by atoms with Crippen molar-refractivity contribution in [2.75, 3.05) is 0 Å². The van der Waals surface area contributed by atoms with Crippen molar-refractivity contribution < 1.29 is 0 Å². The molecule has 0 spiro atoms. The zero-order valence-electron chi connectivity index (χ0n) is 8.96. The molecule has 3 aromatic rings. The maximum Gasteiger partial charge on any atom is 0.113 e. The van der Waals surface area contributed by atoms with Gasteiger partial charge in [0.1, 0.15) is 11.0 Å². The van der Waals surface area contributed by atoms with Gasteiger partial charge in [-0.25, -0.2) is 0 Å². The predicted octanol–water partition coefficient (Wildman–Crippen LogP) is 2.73. The molecule has 0 N–H and O–H groups in total. The first kappa shape index (κ1) is 9.09. The first-order valence-electron chi connectivity index (χ1n) is 5.22. The summed E-state index contributed by atoms with van der Waals surface area (Å²) < 4.78 is 0. The smallest absolute Gasteiger partial charge is 0.113 e. The Labute approximate surface area is 93.3 Å². The van der Waals surface area contributed by atoms with E-state index in [2.05, 4.69) is 29.3 Å². The minimum Gasteiger partial charge on any atom is -0.150 e. The molecule has 1 aromatic heterocycles. The van der Waals surface area contributed by atoms with E-state index < -0.39 is 0 Å². The molecular formula is C13H11N3. The van der Waals surface area contributed by atoms with Gasteiger partial charge in [0.05, 0.1) is 5.69 Å². The lowest BCUT2D eigenvalue weighted by molar-refractivity contribution is 0.765. The second kappa shape index (κ2) is 3.45. The fraction of sp³-hybridized carbons (Fsp3) is 0.0769. The Morgan fingerprint density at radius 3 is 1.94 bits per heavy atom. The third kappa shape index (κ3) is 1.46. The van der Waals surface area contributed by atoms with Gasteiger partial charge in [-0.05, 0) is 31.2 Å². The van der Waals surface area contributed by atoms with Crippen LogP contribution in [-0.4, -0.2) is 15.0 Å². The summed E-state index contributed by atoms with van der Waals surface area (Å²) in [6.07, 6.45) is 0. The van der Waals surface area contributed by atoms with Crippen molar-refractivity contribution in [2.45, 2.75) is 6.92 Å². The average molecular weight is 209 g/mol. The highest BCUT2D eigenvalue weighted by molar-refractivity contribution is 5.73. The Morgan fingerprint density at radius 1 is 0.812 bits per heavy atom. The van der Waals surface area contributed by atoms with E-state index in [1.54, 1.807) is 4.80 Å². The van der Waals surface area contributed by atoms with E-state index in [4.69, 9.17) is 0 Å². The van der Waals surface area contributed by atoms with Crippen LogP contribution in [0.4, 0.5) is 0 Å². The lowest BCUT2D eigenvalue weighted by Gasteiger charge is -1.98. The van der Waals surface area contributed by atoms with Crippen LogP contribution >= 0.6 is 0 Å². The zero-order chi connectivity index (χ0) is 11.0. The largest absolute Gasteiger partial charge is 0.150 e. The van der Waals surface area contributed by atoms with Crippen LogP contribution in [0.2, 0.25) is 0 Å². The Hall–Kier alpha value is -2.16. The summed E-state index contributed by atoms with van der Waals surface area (Å²) >= 11 is 0. The van der Waals surface area contributed by atoms with Crippen LogP contribution in [0.5, 0.6) is 0 Å². The van der Waals surface area contributed by atoms with Crippen LogP contribution < -0.4 is 0 Å². The minimum atomic E-state index is 0.920. The molecule has 78 valence electrons. The normalized spacial score (nSPS) is 10.8. The molecule has 0 aliphatic carbocycles. The molecule has 0 amide bonds. The van der Waals surface area contributed by atoms with Crippen molar-refractivity contribution in [3.8, 4) is 5.69 Å². The van der Waals surface area contributed by atoms with Gasteiger partial charge in [0.15, 0.2) is 0 Å². The topological polar surface area (TPSA) is 30.7 Å². The van der Waals surface area contributed by atoms with Gasteiger partial charge in [-0.2, -0.15) is 4.80 Å². The lowest BCUT2D eigenvalue weighted by Crippen LogP contribution is -1.97. The predicted molar refractivity (Wildman–Crippen MR) is 63.6 cm³/mol. The maximum atomic E-state index is 4.42. The van der Waals surface area contributed by atoms with Crippen molar-refractivity contribution >= 4 is 11.0 Å². The van der Waals surface area contributed by atoms with E-state index >= 15 is 0 Å². The van der Waals surface area contributed by atoms with Crippen molar-refractivity contribution in [2.24, 2.45) is 0 Å². The van der Waals surface area contributed by atoms with Crippen LogP contribution in [0.3, 0.4) is 0 Å². The number of benzene rings is 2. The van der Waals surface area contributed by atoms with E-state index in [1.807, 2.05) is 36.4 Å². The molecule has 0 unspecified atom stereocenters. The first-order chi connectivity index (χ1) is 7.83. The number of rotatable bonds is 1. The molecule has 0 radical (unpaired) electrons. The Bertz CT molecular complexity index is 590. The number of hydrogen-bond acceptors (Lipinski definition) is 2. The molecule has 3 nitrogen and oxygen atoms in total. The molecule has 3 rings (SSSR count). The van der Waals surface area contributed by atoms with Gasteiger partial charge >= 0.3 is 0 Å². The van der Waals surface area contributed by atoms with Crippen LogP contribution in [0.25, 0.3) is 16.7 Å². The van der Waals surface area contributed by atoms with Gasteiger partial charge in [-0.1, -0.05) is 29.8 Å². The van der Waals surface area contributed by atoms with Crippen molar-refractivity contribution in [1.29, 1.82) is 0 Å². The highest BCUT2D eigenvalue weighted by Crippen LogP contribution is 2.12. The molecule has 0 atom stereocenters. The number of hydrogen-bond donors (Lipinski definition) is 0. The SMILES string of the molecule is Cc1ccc(-n2nc3ccccc3n2)cc1. The molecule has 2 aromatic carbocycles. The number of nitrogens with zero attached hydrogens (tertiary/aromatic N) is 3. The Morgan fingerprint density at radius 2 is 1.38 bits per heavy atom. The molecular weight excluding hydrogens is 198 g/mol. The summed E-state index contributed by atoms with van der Waals surface area (Å²) in [4.78, 5) is 1.67. The van der Waals surface area contributed by atoms with Crippen molar-refractivity contribution in [1.82, 2.24) is 15.0 Å². The summed E-state index contributed by atoms with van der Waals surface area (Å²) in [6, 6.07) is 16.0. The fourth-order valence-electron chi connectivity index (χ4n) is 1.65. The first-order valence-corrected chi connectivity index (χ1v) is 5.22. The lowest BCUT2D eigenvalue weighted by atomic mass is 10.2. The molecule has 1 heterocycles. The Balaban J connectivity index is 2.15. The monoisotopic (exact) mass is 209 g/mol. The van der Waals surface area contributed by atoms with Crippen LogP contribution in [-0.2, 0) is 0 Å². The zero-order valence-corrected chi connectivity index (χ0v) is 8.96. The average Bonchev–Trinajstić information content (AvgIpc) is 2.73. The van der Waals surface area contributed by atoms with Gasteiger partial charge in [0.2, 0.25) is 0 Å². The van der Waals surface area contributed by atoms with E-state index in [-0.39, 0.29) is 0 Å². The third-order valence-electron chi connectivity index (χ3n) is 2.55. The second-order valence-electron chi connectivity index (χ2n) is 3.81. The molecule has 0 saturated carbocycles. The summed E-state index contributed by atoms with van der Waals surface area (Å²) in [5, 5.41) is 8.84. The van der Waals surface area contributed by atoms with Gasteiger partial charge in [0, 0.05) is 0 Å². The van der Waals surface area contributed by atoms with Gasteiger partial charge < -0.3 is 0 Å². The molecule has 0 aliphatic rings. The standard InChI is InChI=1S/C13H11N3/c1-10-6-8-11(9-7-10)16-14-12-4-2-3-5-13(12)15-16/h2-9H,1H3. The molecule has 3 heteroatoms. The number of aryl methyl sites for hydroxylation is 1. The highest BCUT2D eigenvalue weighted by Gasteiger charge is 2.02. The number of aromatic nitrogens is 3. The van der Waals surface area contributed by atoms with Crippen LogP contribution in [0, 0.1) is 6.92 Å². The molecule has 0 saturated heterocycles. The quantitative estimate of drug-likeness (QED) is 0.617. The van der Waals surface area contributed by atoms with E-state index in [0.717, 1.165) is 16.7 Å². The minimum absolute atomic E-state index is 0.920. The van der Waals surface area contributed by atoms with Crippen LogP contribution in [0.1, 0.15) is 5.56 Å². The maximum absolute atomic E-state index is 4.42. The molecule has 0 fully saturated rings. The van der Waals surface area contributed by atoms with Crippen LogP contribution in [0.15, 0.2) is 48.5 Å². The second-order valence-corrected chi connectivity index (χ2v) is 3.81. The molecule has 16 heavy (non-hydrogen) atoms. The van der Waals surface area contributed by atoms with Gasteiger partial charge in [-0.3, -0.25) is 0 Å².